The van der Waals surface area contributed by atoms with Crippen LogP contribution in [0.3, 0.4) is 0 Å². The second-order valence-electron chi connectivity index (χ2n) is 8.31. The maximum absolute atomic E-state index is 12.8. The van der Waals surface area contributed by atoms with E-state index in [1.165, 1.54) is 12.1 Å². The third-order valence-electron chi connectivity index (χ3n) is 4.64. The van der Waals surface area contributed by atoms with Crippen molar-refractivity contribution in [1.82, 2.24) is 19.5 Å². The lowest BCUT2D eigenvalue weighted by Gasteiger charge is -2.34. The third-order valence-corrected chi connectivity index (χ3v) is 6.41. The second kappa shape index (κ2) is 8.61. The molecule has 3 rings (SSSR count). The van der Waals surface area contributed by atoms with E-state index in [0.717, 1.165) is 25.2 Å². The van der Waals surface area contributed by atoms with Crippen molar-refractivity contribution in [3.63, 3.8) is 0 Å². The van der Waals surface area contributed by atoms with E-state index in [2.05, 4.69) is 20.7 Å². The fourth-order valence-corrected chi connectivity index (χ4v) is 4.70. The number of pyridine rings is 1. The minimum atomic E-state index is -3.61. The molecule has 0 aliphatic carbocycles. The molecule has 29 heavy (non-hydrogen) atoms. The highest BCUT2D eigenvalue weighted by Gasteiger charge is 2.24. The Kier molecular flexibility index (Phi) is 6.36. The molecule has 2 heterocycles. The molecule has 1 aliphatic heterocycles. The minimum Gasteiger partial charge on any atom is -0.336 e. The van der Waals surface area contributed by atoms with E-state index in [0.29, 0.717) is 18.7 Å². The van der Waals surface area contributed by atoms with Crippen LogP contribution < -0.4 is 4.72 Å². The van der Waals surface area contributed by atoms with Gasteiger partial charge in [-0.15, -0.1) is 0 Å². The fourth-order valence-electron chi connectivity index (χ4n) is 3.28. The molecule has 0 spiro atoms. The molecule has 0 unspecified atom stereocenters. The number of carbonyl (C=O) groups is 1. The SMILES string of the molecule is CC(C)(C)NS(=O)(=O)c1ccc(C(=O)N2CCN(Cc3cccnc3)CC2)cc1. The highest BCUT2D eigenvalue weighted by Crippen LogP contribution is 2.16. The molecule has 1 amide bonds. The maximum atomic E-state index is 12.8. The predicted octanol–water partition coefficient (Wildman–Crippen LogP) is 2.12. The van der Waals surface area contributed by atoms with Crippen LogP contribution >= 0.6 is 0 Å². The number of sulfonamides is 1. The molecule has 8 heteroatoms. The van der Waals surface area contributed by atoms with Gasteiger partial charge in [0.1, 0.15) is 0 Å². The normalized spacial score (nSPS) is 16.0. The number of piperazine rings is 1. The van der Waals surface area contributed by atoms with Gasteiger partial charge in [-0.3, -0.25) is 14.7 Å². The number of amides is 1. The monoisotopic (exact) mass is 416 g/mol. The van der Waals surface area contributed by atoms with Gasteiger partial charge in [0.05, 0.1) is 4.90 Å². The van der Waals surface area contributed by atoms with Crippen LogP contribution in [0.5, 0.6) is 0 Å². The molecule has 2 aromatic rings. The number of carbonyl (C=O) groups excluding carboxylic acids is 1. The van der Waals surface area contributed by atoms with Crippen molar-refractivity contribution >= 4 is 15.9 Å². The molecule has 7 nitrogen and oxygen atoms in total. The Morgan fingerprint density at radius 1 is 1.07 bits per heavy atom. The lowest BCUT2D eigenvalue weighted by molar-refractivity contribution is 0.0628. The average molecular weight is 417 g/mol. The van der Waals surface area contributed by atoms with E-state index in [1.54, 1.807) is 39.1 Å². The first-order valence-electron chi connectivity index (χ1n) is 9.69. The standard InChI is InChI=1S/C21H28N4O3S/c1-21(2,3)23-29(27,28)19-8-6-18(7-9-19)20(26)25-13-11-24(12-14-25)16-17-5-4-10-22-15-17/h4-10,15,23H,11-14,16H2,1-3H3. The van der Waals surface area contributed by atoms with Crippen molar-refractivity contribution < 1.29 is 13.2 Å². The van der Waals surface area contributed by atoms with Gasteiger partial charge in [-0.1, -0.05) is 6.07 Å². The summed E-state index contributed by atoms with van der Waals surface area (Å²) in [4.78, 5) is 21.2. The first-order valence-corrected chi connectivity index (χ1v) is 11.2. The molecular formula is C21H28N4O3S. The topological polar surface area (TPSA) is 82.6 Å². The summed E-state index contributed by atoms with van der Waals surface area (Å²) in [5.41, 5.74) is 1.09. The number of nitrogens with zero attached hydrogens (tertiary/aromatic N) is 3. The zero-order chi connectivity index (χ0) is 21.1. The van der Waals surface area contributed by atoms with Crippen LogP contribution in [-0.2, 0) is 16.6 Å². The van der Waals surface area contributed by atoms with Crippen molar-refractivity contribution in [3.8, 4) is 0 Å². The number of benzene rings is 1. The minimum absolute atomic E-state index is 0.0706. The third kappa shape index (κ3) is 5.85. The number of hydrogen-bond donors (Lipinski definition) is 1. The predicted molar refractivity (Wildman–Crippen MR) is 112 cm³/mol. The van der Waals surface area contributed by atoms with Crippen molar-refractivity contribution in [3.05, 3.63) is 59.9 Å². The highest BCUT2D eigenvalue weighted by atomic mass is 32.2. The molecule has 1 aromatic carbocycles. The van der Waals surface area contributed by atoms with Crippen molar-refractivity contribution in [1.29, 1.82) is 0 Å². The van der Waals surface area contributed by atoms with Crippen molar-refractivity contribution in [2.45, 2.75) is 37.8 Å². The molecule has 0 bridgehead atoms. The molecule has 1 N–H and O–H groups in total. The Balaban J connectivity index is 1.59. The van der Waals surface area contributed by atoms with Crippen LogP contribution in [0.25, 0.3) is 0 Å². The van der Waals surface area contributed by atoms with Crippen LogP contribution in [0.2, 0.25) is 0 Å². The summed E-state index contributed by atoms with van der Waals surface area (Å²) in [6, 6.07) is 10.1. The van der Waals surface area contributed by atoms with E-state index in [9.17, 15) is 13.2 Å². The van der Waals surface area contributed by atoms with Crippen LogP contribution in [0.4, 0.5) is 0 Å². The van der Waals surface area contributed by atoms with Crippen LogP contribution in [0, 0.1) is 0 Å². The van der Waals surface area contributed by atoms with Gasteiger partial charge in [-0.25, -0.2) is 13.1 Å². The first-order chi connectivity index (χ1) is 13.6. The second-order valence-corrected chi connectivity index (χ2v) is 9.99. The Labute approximate surface area is 172 Å². The van der Waals surface area contributed by atoms with E-state index in [1.807, 2.05) is 17.2 Å². The number of hydrogen-bond acceptors (Lipinski definition) is 5. The first kappa shape index (κ1) is 21.4. The molecule has 0 atom stereocenters. The quantitative estimate of drug-likeness (QED) is 0.807. The molecule has 156 valence electrons. The van der Waals surface area contributed by atoms with Gasteiger partial charge in [-0.05, 0) is 56.7 Å². The smallest absolute Gasteiger partial charge is 0.253 e. The zero-order valence-corrected chi connectivity index (χ0v) is 17.9. The Bertz CT molecular complexity index is 930. The molecule has 1 aliphatic rings. The maximum Gasteiger partial charge on any atom is 0.253 e. The van der Waals surface area contributed by atoms with Crippen LogP contribution in [-0.4, -0.2) is 60.8 Å². The Morgan fingerprint density at radius 2 is 1.72 bits per heavy atom. The van der Waals surface area contributed by atoms with Gasteiger partial charge >= 0.3 is 0 Å². The van der Waals surface area contributed by atoms with Crippen molar-refractivity contribution in [2.75, 3.05) is 26.2 Å². The summed E-state index contributed by atoms with van der Waals surface area (Å²) in [5.74, 6) is -0.0706. The summed E-state index contributed by atoms with van der Waals surface area (Å²) in [6.45, 7) is 9.06. The van der Waals surface area contributed by atoms with Gasteiger partial charge in [0.15, 0.2) is 0 Å². The van der Waals surface area contributed by atoms with Crippen LogP contribution in [0.1, 0.15) is 36.7 Å². The van der Waals surface area contributed by atoms with Gasteiger partial charge < -0.3 is 4.90 Å². The molecule has 1 fully saturated rings. The molecule has 1 saturated heterocycles. The van der Waals surface area contributed by atoms with E-state index < -0.39 is 15.6 Å². The van der Waals surface area contributed by atoms with Crippen molar-refractivity contribution in [2.24, 2.45) is 0 Å². The molecule has 0 saturated carbocycles. The number of nitrogens with one attached hydrogen (secondary N) is 1. The Hall–Kier alpha value is -2.29. The lowest BCUT2D eigenvalue weighted by atomic mass is 10.1. The van der Waals surface area contributed by atoms with Crippen LogP contribution in [0.15, 0.2) is 53.7 Å². The summed E-state index contributed by atoms with van der Waals surface area (Å²) in [6.07, 6.45) is 3.62. The number of rotatable bonds is 5. The largest absolute Gasteiger partial charge is 0.336 e. The van der Waals surface area contributed by atoms with Gasteiger partial charge in [0.2, 0.25) is 10.0 Å². The average Bonchev–Trinajstić information content (AvgIpc) is 2.67. The Morgan fingerprint density at radius 3 is 2.28 bits per heavy atom. The van der Waals surface area contributed by atoms with E-state index in [4.69, 9.17) is 0 Å². The highest BCUT2D eigenvalue weighted by molar-refractivity contribution is 7.89. The molecular weight excluding hydrogens is 388 g/mol. The summed E-state index contributed by atoms with van der Waals surface area (Å²) in [7, 11) is -3.61. The van der Waals surface area contributed by atoms with E-state index in [-0.39, 0.29) is 10.8 Å². The molecule has 0 radical (unpaired) electrons. The zero-order valence-electron chi connectivity index (χ0n) is 17.1. The summed E-state index contributed by atoms with van der Waals surface area (Å²) >= 11 is 0. The van der Waals surface area contributed by atoms with Gasteiger partial charge in [0.25, 0.3) is 5.91 Å². The van der Waals surface area contributed by atoms with E-state index >= 15 is 0 Å². The lowest BCUT2D eigenvalue weighted by Crippen LogP contribution is -2.48. The summed E-state index contributed by atoms with van der Waals surface area (Å²) < 4.78 is 27.4. The van der Waals surface area contributed by atoms with Gasteiger partial charge in [0, 0.05) is 56.2 Å². The number of aromatic nitrogens is 1. The fraction of sp³-hybridized carbons (Fsp3) is 0.429. The summed E-state index contributed by atoms with van der Waals surface area (Å²) in [5, 5.41) is 0. The van der Waals surface area contributed by atoms with Gasteiger partial charge in [-0.2, -0.15) is 0 Å². The molecule has 1 aromatic heterocycles.